The highest BCUT2D eigenvalue weighted by atomic mass is 16.5. The minimum absolute atomic E-state index is 0.417. The fourth-order valence-corrected chi connectivity index (χ4v) is 1.81. The van der Waals surface area contributed by atoms with Gasteiger partial charge in [-0.1, -0.05) is 0 Å². The second-order valence-electron chi connectivity index (χ2n) is 3.96. The molecule has 1 heterocycles. The number of methoxy groups -OCH3 is 2. The molecular weight excluding hydrogens is 234 g/mol. The molecule has 18 heavy (non-hydrogen) atoms. The van der Waals surface area contributed by atoms with Gasteiger partial charge >= 0.3 is 5.97 Å². The van der Waals surface area contributed by atoms with Crippen molar-refractivity contribution < 1.29 is 19.1 Å². The van der Waals surface area contributed by atoms with Crippen LogP contribution in [0.2, 0.25) is 0 Å². The summed E-state index contributed by atoms with van der Waals surface area (Å²) in [5.74, 6) is -0.417. The molecule has 1 aromatic rings. The van der Waals surface area contributed by atoms with Gasteiger partial charge in [-0.3, -0.25) is 4.79 Å². The molecule has 0 saturated heterocycles. The van der Waals surface area contributed by atoms with Gasteiger partial charge in [-0.25, -0.2) is 4.79 Å². The fraction of sp³-hybridized carbons (Fsp3) is 0.538. The highest BCUT2D eigenvalue weighted by molar-refractivity contribution is 5.89. The van der Waals surface area contributed by atoms with E-state index in [1.54, 1.807) is 23.8 Å². The summed E-state index contributed by atoms with van der Waals surface area (Å²) < 4.78 is 11.4. The number of esters is 1. The number of nitrogens with zero attached hydrogens (tertiary/aromatic N) is 1. The zero-order valence-corrected chi connectivity index (χ0v) is 10.8. The summed E-state index contributed by atoms with van der Waals surface area (Å²) in [5, 5.41) is 0. The van der Waals surface area contributed by atoms with Crippen molar-refractivity contribution in [3.05, 3.63) is 23.5 Å². The van der Waals surface area contributed by atoms with E-state index in [-0.39, 0.29) is 0 Å². The Hall–Kier alpha value is -1.62. The van der Waals surface area contributed by atoms with Crippen LogP contribution in [0.4, 0.5) is 0 Å². The number of hydrogen-bond acceptors (Lipinski definition) is 4. The average molecular weight is 253 g/mol. The first-order valence-corrected chi connectivity index (χ1v) is 5.96. The van der Waals surface area contributed by atoms with Gasteiger partial charge in [0.15, 0.2) is 6.29 Å². The van der Waals surface area contributed by atoms with Crippen molar-refractivity contribution in [3.8, 4) is 0 Å². The SMILES string of the molecule is COCCCCCn1c(C=O)ccc1C(=O)OC. The third-order valence-corrected chi connectivity index (χ3v) is 2.76. The van der Waals surface area contributed by atoms with Gasteiger partial charge in [0, 0.05) is 20.3 Å². The van der Waals surface area contributed by atoms with Gasteiger partial charge in [0.25, 0.3) is 0 Å². The molecule has 0 aliphatic rings. The van der Waals surface area contributed by atoms with Crippen LogP contribution in [0.5, 0.6) is 0 Å². The standard InChI is InChI=1S/C13H19NO4/c1-17-9-5-3-4-8-14-11(10-15)6-7-12(14)13(16)18-2/h6-7,10H,3-5,8-9H2,1-2H3. The molecule has 0 saturated carbocycles. The topological polar surface area (TPSA) is 57.5 Å². The van der Waals surface area contributed by atoms with E-state index in [0.29, 0.717) is 17.9 Å². The smallest absolute Gasteiger partial charge is 0.354 e. The number of carbonyl (C=O) groups is 2. The van der Waals surface area contributed by atoms with Crippen LogP contribution in [0, 0.1) is 0 Å². The predicted octanol–water partition coefficient (Wildman–Crippen LogP) is 1.90. The van der Waals surface area contributed by atoms with Crippen molar-refractivity contribution in [2.75, 3.05) is 20.8 Å². The van der Waals surface area contributed by atoms with Crippen LogP contribution >= 0.6 is 0 Å². The Balaban J connectivity index is 2.64. The van der Waals surface area contributed by atoms with Gasteiger partial charge in [0.05, 0.1) is 12.8 Å². The number of hydrogen-bond donors (Lipinski definition) is 0. The summed E-state index contributed by atoms with van der Waals surface area (Å²) in [6, 6.07) is 3.25. The third kappa shape index (κ3) is 3.70. The summed E-state index contributed by atoms with van der Waals surface area (Å²) >= 11 is 0. The zero-order chi connectivity index (χ0) is 13.4. The van der Waals surface area contributed by atoms with Crippen LogP contribution in [-0.4, -0.2) is 37.6 Å². The molecule has 1 aromatic heterocycles. The van der Waals surface area contributed by atoms with Crippen LogP contribution in [-0.2, 0) is 16.0 Å². The zero-order valence-electron chi connectivity index (χ0n) is 10.8. The van der Waals surface area contributed by atoms with Gasteiger partial charge in [-0.05, 0) is 31.4 Å². The average Bonchev–Trinajstić information content (AvgIpc) is 2.80. The Kier molecular flexibility index (Phi) is 6.14. The number of ether oxygens (including phenoxy) is 2. The Labute approximate surface area is 107 Å². The van der Waals surface area contributed by atoms with E-state index in [0.717, 1.165) is 32.2 Å². The third-order valence-electron chi connectivity index (χ3n) is 2.76. The highest BCUT2D eigenvalue weighted by Crippen LogP contribution is 2.11. The van der Waals surface area contributed by atoms with E-state index >= 15 is 0 Å². The van der Waals surface area contributed by atoms with E-state index in [9.17, 15) is 9.59 Å². The van der Waals surface area contributed by atoms with E-state index in [4.69, 9.17) is 4.74 Å². The number of carbonyl (C=O) groups excluding carboxylic acids is 2. The number of rotatable bonds is 8. The van der Waals surface area contributed by atoms with Gasteiger partial charge in [0.2, 0.25) is 0 Å². The minimum Gasteiger partial charge on any atom is -0.464 e. The normalized spacial score (nSPS) is 10.3. The van der Waals surface area contributed by atoms with Crippen LogP contribution < -0.4 is 0 Å². The summed E-state index contributed by atoms with van der Waals surface area (Å²) in [7, 11) is 3.00. The largest absolute Gasteiger partial charge is 0.464 e. The quantitative estimate of drug-likeness (QED) is 0.403. The van der Waals surface area contributed by atoms with Crippen molar-refractivity contribution >= 4 is 12.3 Å². The second kappa shape index (κ2) is 7.66. The summed E-state index contributed by atoms with van der Waals surface area (Å²) in [4.78, 5) is 22.4. The summed E-state index contributed by atoms with van der Waals surface area (Å²) in [6.07, 6.45) is 3.61. The number of aldehydes is 1. The molecule has 0 amide bonds. The number of unbranched alkanes of at least 4 members (excludes halogenated alkanes) is 2. The monoisotopic (exact) mass is 253 g/mol. The van der Waals surface area contributed by atoms with Crippen molar-refractivity contribution in [1.82, 2.24) is 4.57 Å². The van der Waals surface area contributed by atoms with E-state index in [1.165, 1.54) is 7.11 Å². The molecule has 5 heteroatoms. The van der Waals surface area contributed by atoms with Crippen LogP contribution in [0.3, 0.4) is 0 Å². The molecule has 0 atom stereocenters. The van der Waals surface area contributed by atoms with Gasteiger partial charge < -0.3 is 14.0 Å². The Morgan fingerprint density at radius 3 is 2.67 bits per heavy atom. The van der Waals surface area contributed by atoms with Crippen molar-refractivity contribution in [3.63, 3.8) is 0 Å². The number of aromatic nitrogens is 1. The molecule has 100 valence electrons. The first-order chi connectivity index (χ1) is 8.74. The molecule has 0 fully saturated rings. The maximum atomic E-state index is 11.5. The Morgan fingerprint density at radius 2 is 2.06 bits per heavy atom. The summed E-state index contributed by atoms with van der Waals surface area (Å²) in [6.45, 7) is 1.37. The molecule has 0 radical (unpaired) electrons. The van der Waals surface area contributed by atoms with Crippen molar-refractivity contribution in [1.29, 1.82) is 0 Å². The Morgan fingerprint density at radius 1 is 1.28 bits per heavy atom. The highest BCUT2D eigenvalue weighted by Gasteiger charge is 2.14. The second-order valence-corrected chi connectivity index (χ2v) is 3.96. The van der Waals surface area contributed by atoms with E-state index in [1.807, 2.05) is 0 Å². The molecule has 0 N–H and O–H groups in total. The Bertz CT molecular complexity index is 398. The lowest BCUT2D eigenvalue weighted by Gasteiger charge is -2.09. The fourth-order valence-electron chi connectivity index (χ4n) is 1.81. The molecule has 0 bridgehead atoms. The van der Waals surface area contributed by atoms with Crippen LogP contribution in [0.1, 0.15) is 40.2 Å². The molecule has 0 unspecified atom stereocenters. The molecular formula is C13H19NO4. The molecule has 0 aliphatic carbocycles. The van der Waals surface area contributed by atoms with E-state index < -0.39 is 5.97 Å². The molecule has 0 aromatic carbocycles. The first-order valence-electron chi connectivity index (χ1n) is 5.96. The van der Waals surface area contributed by atoms with Crippen molar-refractivity contribution in [2.24, 2.45) is 0 Å². The maximum Gasteiger partial charge on any atom is 0.354 e. The van der Waals surface area contributed by atoms with Crippen molar-refractivity contribution in [2.45, 2.75) is 25.8 Å². The minimum atomic E-state index is -0.417. The van der Waals surface area contributed by atoms with Gasteiger partial charge in [0.1, 0.15) is 5.69 Å². The van der Waals surface area contributed by atoms with Crippen LogP contribution in [0.15, 0.2) is 12.1 Å². The molecule has 0 aliphatic heterocycles. The molecule has 0 spiro atoms. The maximum absolute atomic E-state index is 11.5. The molecule has 1 rings (SSSR count). The van der Waals surface area contributed by atoms with Gasteiger partial charge in [-0.15, -0.1) is 0 Å². The predicted molar refractivity (Wildman–Crippen MR) is 66.9 cm³/mol. The van der Waals surface area contributed by atoms with Gasteiger partial charge in [-0.2, -0.15) is 0 Å². The first kappa shape index (κ1) is 14.4. The van der Waals surface area contributed by atoms with E-state index in [2.05, 4.69) is 4.74 Å². The lowest BCUT2D eigenvalue weighted by molar-refractivity contribution is 0.0588. The lowest BCUT2D eigenvalue weighted by Crippen LogP contribution is -2.13. The van der Waals surface area contributed by atoms with Crippen LogP contribution in [0.25, 0.3) is 0 Å². The lowest BCUT2D eigenvalue weighted by atomic mass is 10.2. The summed E-state index contributed by atoms with van der Waals surface area (Å²) in [5.41, 5.74) is 0.925. The molecule has 5 nitrogen and oxygen atoms in total.